The molecule has 2 heterocycles. The molecule has 2 aromatic heterocycles. The van der Waals surface area contributed by atoms with E-state index in [0.29, 0.717) is 18.7 Å². The van der Waals surface area contributed by atoms with E-state index in [4.69, 9.17) is 0 Å². The molecule has 33 heavy (non-hydrogen) atoms. The Hall–Kier alpha value is -3.23. The molecular weight excluding hydrogens is 439 g/mol. The minimum Gasteiger partial charge on any atom is -0.323 e. The van der Waals surface area contributed by atoms with Crippen molar-refractivity contribution in [2.75, 3.05) is 0 Å². The molecule has 1 unspecified atom stereocenters. The normalized spacial score (nSPS) is 13.5. The maximum absolute atomic E-state index is 12.3. The number of aryl methyl sites for hydroxylation is 1. The molecule has 4 rings (SSSR count). The van der Waals surface area contributed by atoms with Gasteiger partial charge in [0.2, 0.25) is 0 Å². The van der Waals surface area contributed by atoms with Crippen molar-refractivity contribution in [3.05, 3.63) is 96.1 Å². The molecule has 0 saturated carbocycles. The Labute approximate surface area is 191 Å². The van der Waals surface area contributed by atoms with Gasteiger partial charge in [-0.3, -0.25) is 14.9 Å². The lowest BCUT2D eigenvalue weighted by molar-refractivity contribution is 0.328. The molecule has 0 spiro atoms. The van der Waals surface area contributed by atoms with E-state index in [2.05, 4.69) is 30.9 Å². The number of benzene rings is 2. The fourth-order valence-electron chi connectivity index (χ4n) is 3.67. The topological polar surface area (TPSA) is 137 Å². The number of nitrogens with one attached hydrogen (secondary N) is 2. The van der Waals surface area contributed by atoms with E-state index in [-0.39, 0.29) is 6.42 Å². The second kappa shape index (κ2) is 10.6. The third kappa shape index (κ3) is 6.40. The molecule has 10 heteroatoms. The van der Waals surface area contributed by atoms with Gasteiger partial charge in [0, 0.05) is 12.4 Å². The minimum atomic E-state index is -4.44. The predicted molar refractivity (Wildman–Crippen MR) is 124 cm³/mol. The molecule has 4 aromatic rings. The van der Waals surface area contributed by atoms with Gasteiger partial charge in [0.15, 0.2) is 5.82 Å². The summed E-state index contributed by atoms with van der Waals surface area (Å²) in [5, 5.41) is 17.3. The van der Waals surface area contributed by atoms with Crippen molar-refractivity contribution in [3.8, 4) is 11.1 Å². The van der Waals surface area contributed by atoms with Crippen molar-refractivity contribution in [3.63, 3.8) is 0 Å². The lowest BCUT2D eigenvalue weighted by Crippen LogP contribution is -2.35. The Morgan fingerprint density at radius 3 is 2.33 bits per heavy atom. The van der Waals surface area contributed by atoms with E-state index in [1.165, 1.54) is 0 Å². The van der Waals surface area contributed by atoms with Crippen LogP contribution < -0.4 is 5.32 Å². The van der Waals surface area contributed by atoms with Gasteiger partial charge >= 0.3 is 7.60 Å². The smallest absolute Gasteiger partial charge is 0.323 e. The highest BCUT2D eigenvalue weighted by molar-refractivity contribution is 7.52. The first-order chi connectivity index (χ1) is 16.0. The average Bonchev–Trinajstić information content (AvgIpc) is 3.37. The third-order valence-electron chi connectivity index (χ3n) is 5.40. The van der Waals surface area contributed by atoms with Crippen molar-refractivity contribution in [1.29, 1.82) is 0 Å². The number of aromatic amines is 1. The summed E-state index contributed by atoms with van der Waals surface area (Å²) in [4.78, 5) is 24.1. The van der Waals surface area contributed by atoms with E-state index in [9.17, 15) is 14.4 Å². The van der Waals surface area contributed by atoms with Crippen molar-refractivity contribution in [1.82, 2.24) is 30.9 Å². The lowest BCUT2D eigenvalue weighted by Gasteiger charge is -2.25. The molecule has 0 aliphatic carbocycles. The van der Waals surface area contributed by atoms with Crippen molar-refractivity contribution in [2.24, 2.45) is 0 Å². The van der Waals surface area contributed by atoms with Crippen LogP contribution in [0.15, 0.2) is 79.1 Å². The van der Waals surface area contributed by atoms with Gasteiger partial charge in [0.25, 0.3) is 0 Å². The molecule has 2 aromatic carbocycles. The molecule has 0 aliphatic rings. The molecule has 0 radical (unpaired) electrons. The molecule has 0 amide bonds. The molecule has 0 bridgehead atoms. The van der Waals surface area contributed by atoms with Crippen LogP contribution in [0.1, 0.15) is 29.4 Å². The van der Waals surface area contributed by atoms with Crippen molar-refractivity contribution < 1.29 is 14.4 Å². The van der Waals surface area contributed by atoms with E-state index in [0.717, 1.165) is 22.3 Å². The summed E-state index contributed by atoms with van der Waals surface area (Å²) in [5.74, 6) is -0.716. The fraction of sp³-hybridized carbons (Fsp3) is 0.217. The summed E-state index contributed by atoms with van der Waals surface area (Å²) in [5.41, 5.74) is 4.10. The van der Waals surface area contributed by atoms with Gasteiger partial charge in [-0.1, -0.05) is 65.9 Å². The monoisotopic (exact) mass is 464 g/mol. The highest BCUT2D eigenvalue weighted by atomic mass is 31.2. The zero-order valence-electron chi connectivity index (χ0n) is 17.8. The van der Waals surface area contributed by atoms with Crippen LogP contribution in [0.5, 0.6) is 0 Å². The second-order valence-electron chi connectivity index (χ2n) is 7.76. The van der Waals surface area contributed by atoms with E-state index < -0.39 is 19.4 Å². The first kappa shape index (κ1) is 22.9. The minimum absolute atomic E-state index is 0.233. The number of pyridine rings is 1. The Morgan fingerprint density at radius 1 is 0.939 bits per heavy atom. The molecule has 9 nitrogen and oxygen atoms in total. The lowest BCUT2D eigenvalue weighted by atomic mass is 10.00. The Bertz CT molecular complexity index is 1170. The largest absolute Gasteiger partial charge is 0.342 e. The van der Waals surface area contributed by atoms with Gasteiger partial charge in [-0.15, -0.1) is 10.2 Å². The maximum atomic E-state index is 12.3. The SMILES string of the molecule is O=P(O)(O)C(CCc1cccnc1)N[C@@H](Cc1ccc(-c2ccccc2)cc1)c1nn[nH]n1. The zero-order valence-corrected chi connectivity index (χ0v) is 18.7. The van der Waals surface area contributed by atoms with Gasteiger partial charge < -0.3 is 9.79 Å². The van der Waals surface area contributed by atoms with E-state index in [1.807, 2.05) is 60.7 Å². The van der Waals surface area contributed by atoms with Gasteiger partial charge in [-0.05, 0) is 47.6 Å². The van der Waals surface area contributed by atoms with Crippen LogP contribution in [-0.2, 0) is 17.4 Å². The van der Waals surface area contributed by atoms with Crippen LogP contribution in [0.2, 0.25) is 0 Å². The first-order valence-corrected chi connectivity index (χ1v) is 12.2. The van der Waals surface area contributed by atoms with Crippen LogP contribution in [0.4, 0.5) is 0 Å². The second-order valence-corrected chi connectivity index (χ2v) is 9.56. The summed E-state index contributed by atoms with van der Waals surface area (Å²) in [6.45, 7) is 0. The summed E-state index contributed by atoms with van der Waals surface area (Å²) < 4.78 is 12.3. The standard InChI is InChI=1S/C23H25N6O3P/c30-33(31,32)22(13-10-18-5-4-14-24-16-18)25-21(23-26-28-29-27-23)15-17-8-11-20(12-9-17)19-6-2-1-3-7-19/h1-9,11-12,14,16,21-22,25H,10,13,15H2,(H2,30,31,32)(H,26,27,28,29)/t21-,22?/m0/s1. The molecule has 2 atom stereocenters. The van der Waals surface area contributed by atoms with Gasteiger partial charge in [-0.25, -0.2) is 0 Å². The number of hydrogen-bond acceptors (Lipinski definition) is 6. The summed E-state index contributed by atoms with van der Waals surface area (Å²) in [6.07, 6.45) is 4.51. The third-order valence-corrected chi connectivity index (χ3v) is 6.62. The molecule has 0 aliphatic heterocycles. The number of hydrogen-bond donors (Lipinski definition) is 4. The van der Waals surface area contributed by atoms with Crippen LogP contribution in [0, 0.1) is 0 Å². The fourth-order valence-corrected chi connectivity index (χ4v) is 4.51. The Kier molecular flexibility index (Phi) is 7.36. The highest BCUT2D eigenvalue weighted by Crippen LogP contribution is 2.43. The van der Waals surface area contributed by atoms with Crippen LogP contribution in [0.25, 0.3) is 11.1 Å². The number of H-pyrrole nitrogens is 1. The van der Waals surface area contributed by atoms with Gasteiger partial charge in [0.1, 0.15) is 5.78 Å². The van der Waals surface area contributed by atoms with Crippen molar-refractivity contribution in [2.45, 2.75) is 31.1 Å². The number of tetrazole rings is 1. The van der Waals surface area contributed by atoms with E-state index >= 15 is 0 Å². The molecule has 0 fully saturated rings. The summed E-state index contributed by atoms with van der Waals surface area (Å²) >= 11 is 0. The Morgan fingerprint density at radius 2 is 1.70 bits per heavy atom. The van der Waals surface area contributed by atoms with Gasteiger partial charge in [-0.2, -0.15) is 5.21 Å². The number of aromatic nitrogens is 5. The van der Waals surface area contributed by atoms with Crippen molar-refractivity contribution >= 4 is 7.60 Å². The van der Waals surface area contributed by atoms with Crippen LogP contribution in [0.3, 0.4) is 0 Å². The van der Waals surface area contributed by atoms with E-state index in [1.54, 1.807) is 18.5 Å². The quantitative estimate of drug-likeness (QED) is 0.263. The molecule has 4 N–H and O–H groups in total. The highest BCUT2D eigenvalue weighted by Gasteiger charge is 2.32. The Balaban J connectivity index is 1.51. The summed E-state index contributed by atoms with van der Waals surface area (Å²) in [7, 11) is -4.44. The first-order valence-electron chi connectivity index (χ1n) is 10.6. The van der Waals surface area contributed by atoms with Crippen LogP contribution >= 0.6 is 7.60 Å². The maximum Gasteiger partial charge on any atom is 0.342 e. The number of nitrogens with zero attached hydrogens (tertiary/aromatic N) is 4. The van der Waals surface area contributed by atoms with Gasteiger partial charge in [0.05, 0.1) is 6.04 Å². The molecule has 170 valence electrons. The number of rotatable bonds is 10. The summed E-state index contributed by atoms with van der Waals surface area (Å²) in [6, 6.07) is 21.3. The zero-order chi connectivity index (χ0) is 23.1. The predicted octanol–water partition coefficient (Wildman–Crippen LogP) is 3.27. The molecular formula is C23H25N6O3P. The molecule has 0 saturated heterocycles. The average molecular weight is 464 g/mol. The van der Waals surface area contributed by atoms with Crippen LogP contribution in [-0.4, -0.2) is 41.2 Å².